The molecule has 4 N–H and O–H groups in total. The topological polar surface area (TPSA) is 145 Å². The van der Waals surface area contributed by atoms with Crippen LogP contribution in [-0.4, -0.2) is 72.8 Å². The van der Waals surface area contributed by atoms with E-state index in [9.17, 15) is 14.7 Å². The lowest BCUT2D eigenvalue weighted by atomic mass is 9.91. The quantitative estimate of drug-likeness (QED) is 0.0431. The number of carboxylic acid groups (broad SMARTS) is 1. The summed E-state index contributed by atoms with van der Waals surface area (Å²) >= 11 is 0. The van der Waals surface area contributed by atoms with Gasteiger partial charge in [-0.1, -0.05) is 151 Å². The second-order valence-corrected chi connectivity index (χ2v) is 16.1. The van der Waals surface area contributed by atoms with E-state index in [0.717, 1.165) is 64.5 Å². The Morgan fingerprint density at radius 2 is 1.20 bits per heavy atom. The second kappa shape index (κ2) is 47.7. The Bertz CT molecular complexity index is 799. The lowest BCUT2D eigenvalue weighted by molar-refractivity contribution is -0.302. The van der Waals surface area contributed by atoms with Gasteiger partial charge in [0, 0.05) is 25.4 Å². The molecule has 2 atom stereocenters. The van der Waals surface area contributed by atoms with Gasteiger partial charge in [0.2, 0.25) is 5.91 Å². The number of carboxylic acids is 1. The number of hydrogen-bond acceptors (Lipinski definition) is 8. The molecular formula is C47H96N3O6-. The Balaban J connectivity index is -0.000000780. The first kappa shape index (κ1) is 58.6. The number of unbranched alkanes of at least 4 members (excludes halogenated alkanes) is 12. The molecule has 0 spiro atoms. The summed E-state index contributed by atoms with van der Waals surface area (Å²) in [4.78, 5) is 34.1. The van der Waals surface area contributed by atoms with E-state index in [-0.39, 0.29) is 24.1 Å². The van der Waals surface area contributed by atoms with Gasteiger partial charge in [-0.05, 0) is 103 Å². The van der Waals surface area contributed by atoms with Gasteiger partial charge in [-0.3, -0.25) is 9.59 Å². The zero-order valence-corrected chi connectivity index (χ0v) is 38.3. The minimum absolute atomic E-state index is 0.00134. The first-order chi connectivity index (χ1) is 27.0. The van der Waals surface area contributed by atoms with E-state index in [1.54, 1.807) is 0 Å². The van der Waals surface area contributed by atoms with Crippen molar-refractivity contribution in [3.05, 3.63) is 0 Å². The van der Waals surface area contributed by atoms with Crippen molar-refractivity contribution in [1.29, 1.82) is 0 Å². The van der Waals surface area contributed by atoms with Gasteiger partial charge in [0.15, 0.2) is 0 Å². The highest BCUT2D eigenvalue weighted by atomic mass is 16.5. The average molecular weight is 799 g/mol. The number of nitrogens with zero attached hydrogens (tertiary/aromatic N) is 1. The zero-order valence-electron chi connectivity index (χ0n) is 38.3. The molecule has 1 heterocycles. The molecule has 0 aromatic heterocycles. The normalized spacial score (nSPS) is 13.9. The standard InChI is InChI=1S/C23H47NO2.C11H26N2.C11H20O2.C2H4O2/c1-4-7-10-11-12-17-22(25)18-19-23(26)24-20-13-16-21(14-8-5-2)15-9-6-3;1-3-5-9-13(10-6-4-2)11-7-8-12;1-2-3-4-5-6-7-10-8-9-11(12)13-10;1-2(3)4/h21-22,25H,4-20H2,1-3H3,(H,24,26);3-12H2,1-2H3;10H,2-9H2,1H3;1H3,(H,3,4)/p-1. The molecule has 1 aliphatic rings. The number of esters is 1. The molecule has 1 amide bonds. The third-order valence-electron chi connectivity index (χ3n) is 10.3. The first-order valence-electron chi connectivity index (χ1n) is 23.8. The van der Waals surface area contributed by atoms with Crippen LogP contribution in [0.15, 0.2) is 0 Å². The highest BCUT2D eigenvalue weighted by molar-refractivity contribution is 5.75. The van der Waals surface area contributed by atoms with Crippen LogP contribution in [0.3, 0.4) is 0 Å². The van der Waals surface area contributed by atoms with E-state index in [4.69, 9.17) is 20.4 Å². The summed E-state index contributed by atoms with van der Waals surface area (Å²) in [5.74, 6) is -0.145. The van der Waals surface area contributed by atoms with Crippen LogP contribution >= 0.6 is 0 Å². The fourth-order valence-electron chi connectivity index (χ4n) is 6.73. The van der Waals surface area contributed by atoms with E-state index in [2.05, 4.69) is 51.8 Å². The summed E-state index contributed by atoms with van der Waals surface area (Å²) in [5, 5.41) is 21.9. The van der Waals surface area contributed by atoms with Crippen LogP contribution in [0.1, 0.15) is 235 Å². The zero-order chi connectivity index (χ0) is 42.5. The first-order valence-corrected chi connectivity index (χ1v) is 23.8. The van der Waals surface area contributed by atoms with E-state index in [0.29, 0.717) is 19.3 Å². The predicted molar refractivity (Wildman–Crippen MR) is 236 cm³/mol. The maximum absolute atomic E-state index is 11.9. The molecule has 0 radical (unpaired) electrons. The summed E-state index contributed by atoms with van der Waals surface area (Å²) in [7, 11) is 0. The number of hydrogen-bond donors (Lipinski definition) is 3. The number of ether oxygens (including phenoxy) is 1. The largest absolute Gasteiger partial charge is 0.550 e. The molecule has 0 aromatic carbocycles. The van der Waals surface area contributed by atoms with Crippen molar-refractivity contribution in [3.63, 3.8) is 0 Å². The van der Waals surface area contributed by atoms with E-state index >= 15 is 0 Å². The number of aliphatic hydroxyl groups excluding tert-OH is 1. The summed E-state index contributed by atoms with van der Waals surface area (Å²) in [6, 6.07) is 0. The molecule has 2 unspecified atom stereocenters. The van der Waals surface area contributed by atoms with E-state index in [1.165, 1.54) is 148 Å². The van der Waals surface area contributed by atoms with Crippen molar-refractivity contribution in [2.75, 3.05) is 32.7 Å². The molecule has 1 aliphatic heterocycles. The van der Waals surface area contributed by atoms with Crippen molar-refractivity contribution in [3.8, 4) is 0 Å². The molecule has 0 aromatic rings. The van der Waals surface area contributed by atoms with Crippen LogP contribution in [0, 0.1) is 5.92 Å². The van der Waals surface area contributed by atoms with Crippen LogP contribution in [-0.2, 0) is 19.1 Å². The monoisotopic (exact) mass is 799 g/mol. The maximum atomic E-state index is 11.9. The third kappa shape index (κ3) is 48.4. The number of cyclic esters (lactones) is 1. The van der Waals surface area contributed by atoms with Crippen molar-refractivity contribution in [1.82, 2.24) is 10.2 Å². The Hall–Kier alpha value is -1.71. The van der Waals surface area contributed by atoms with Crippen LogP contribution in [0.4, 0.5) is 0 Å². The number of carbonyl (C=O) groups is 3. The molecule has 9 heteroatoms. The molecule has 0 bridgehead atoms. The van der Waals surface area contributed by atoms with E-state index < -0.39 is 5.97 Å². The lowest BCUT2D eigenvalue weighted by Crippen LogP contribution is -2.28. The molecule has 0 saturated carbocycles. The van der Waals surface area contributed by atoms with Crippen LogP contribution in [0.25, 0.3) is 0 Å². The van der Waals surface area contributed by atoms with Gasteiger partial charge >= 0.3 is 5.97 Å². The number of nitrogens with two attached hydrogens (primary N) is 1. The Morgan fingerprint density at radius 1 is 0.714 bits per heavy atom. The molecule has 1 fully saturated rings. The molecule has 1 saturated heterocycles. The highest BCUT2D eigenvalue weighted by Crippen LogP contribution is 2.21. The Labute approximate surface area is 347 Å². The van der Waals surface area contributed by atoms with Gasteiger partial charge in [-0.2, -0.15) is 0 Å². The van der Waals surface area contributed by atoms with Gasteiger partial charge in [0.1, 0.15) is 6.10 Å². The van der Waals surface area contributed by atoms with Gasteiger partial charge < -0.3 is 35.7 Å². The Morgan fingerprint density at radius 3 is 1.68 bits per heavy atom. The molecule has 1 rings (SSSR count). The number of nitrogens with one attached hydrogen (secondary N) is 1. The van der Waals surface area contributed by atoms with Crippen molar-refractivity contribution < 1.29 is 29.3 Å². The highest BCUT2D eigenvalue weighted by Gasteiger charge is 2.22. The summed E-state index contributed by atoms with van der Waals surface area (Å²) in [6.45, 7) is 19.8. The predicted octanol–water partition coefficient (Wildman–Crippen LogP) is 10.4. The summed E-state index contributed by atoms with van der Waals surface area (Å²) in [5.41, 5.74) is 5.51. The van der Waals surface area contributed by atoms with Gasteiger partial charge in [0.05, 0.1) is 6.10 Å². The average Bonchev–Trinajstić information content (AvgIpc) is 3.60. The third-order valence-corrected chi connectivity index (χ3v) is 10.3. The van der Waals surface area contributed by atoms with Gasteiger partial charge in [0.25, 0.3) is 0 Å². The van der Waals surface area contributed by atoms with Gasteiger partial charge in [-0.15, -0.1) is 0 Å². The number of aliphatic carboxylic acids is 1. The number of amides is 1. The van der Waals surface area contributed by atoms with E-state index in [1.807, 2.05) is 0 Å². The van der Waals surface area contributed by atoms with Crippen LogP contribution in [0.5, 0.6) is 0 Å². The lowest BCUT2D eigenvalue weighted by Gasteiger charge is -2.21. The molecular weight excluding hydrogens is 703 g/mol. The van der Waals surface area contributed by atoms with Gasteiger partial charge in [-0.25, -0.2) is 0 Å². The second-order valence-electron chi connectivity index (χ2n) is 16.1. The minimum Gasteiger partial charge on any atom is -0.550 e. The summed E-state index contributed by atoms with van der Waals surface area (Å²) < 4.78 is 5.13. The fraction of sp³-hybridized carbons (Fsp3) is 0.936. The Kier molecular flexibility index (Phi) is 49.9. The minimum atomic E-state index is -1.08. The molecule has 9 nitrogen and oxygen atoms in total. The molecule has 56 heavy (non-hydrogen) atoms. The SMILES string of the molecule is CC(=O)[O-].CCCCCCCC(O)CCC(=O)NCCCC(CCCC)CCCC.CCCCCCCC1CCC(=O)O1.CCCCN(CCCC)CCCN. The maximum Gasteiger partial charge on any atom is 0.306 e. The molecule has 0 aliphatic carbocycles. The van der Waals surface area contributed by atoms with Crippen molar-refractivity contribution in [2.45, 2.75) is 247 Å². The van der Waals surface area contributed by atoms with Crippen molar-refractivity contribution >= 4 is 17.8 Å². The van der Waals surface area contributed by atoms with Crippen LogP contribution in [0.2, 0.25) is 0 Å². The smallest absolute Gasteiger partial charge is 0.306 e. The molecule has 336 valence electrons. The number of aliphatic hydroxyl groups is 1. The van der Waals surface area contributed by atoms with Crippen molar-refractivity contribution in [2.24, 2.45) is 11.7 Å². The van der Waals surface area contributed by atoms with Crippen LogP contribution < -0.4 is 16.2 Å². The summed E-state index contributed by atoms with van der Waals surface area (Å²) in [6.07, 6.45) is 33.7. The number of rotatable bonds is 34. The number of carbonyl (C=O) groups excluding carboxylic acids is 3. The fourth-order valence-corrected chi connectivity index (χ4v) is 6.73.